The third-order valence-electron chi connectivity index (χ3n) is 3.03. The van der Waals surface area contributed by atoms with Crippen LogP contribution >= 0.6 is 0 Å². The average Bonchev–Trinajstić information content (AvgIpc) is 2.66. The van der Waals surface area contributed by atoms with Gasteiger partial charge in [-0.25, -0.2) is 0 Å². The normalized spacial score (nSPS) is 11.0. The molecule has 0 aliphatic rings. The van der Waals surface area contributed by atoms with E-state index in [1.54, 1.807) is 0 Å². The molecule has 0 spiro atoms. The Bertz CT molecular complexity index is 393. The molecule has 18 heavy (non-hydrogen) atoms. The van der Waals surface area contributed by atoms with Crippen molar-refractivity contribution < 1.29 is 4.79 Å². The number of hydrogen-bond donors (Lipinski definition) is 0. The first-order valence-corrected chi connectivity index (χ1v) is 6.97. The van der Waals surface area contributed by atoms with E-state index < -0.39 is 0 Å². The number of aromatic nitrogens is 1. The molecule has 0 aliphatic heterocycles. The van der Waals surface area contributed by atoms with E-state index in [1.165, 1.54) is 5.56 Å². The van der Waals surface area contributed by atoms with Gasteiger partial charge in [-0.3, -0.25) is 4.79 Å². The Labute approximate surface area is 111 Å². The van der Waals surface area contributed by atoms with Crippen molar-refractivity contribution in [1.82, 2.24) is 4.57 Å². The molecule has 0 atom stereocenters. The molecule has 3 heteroatoms. The van der Waals surface area contributed by atoms with Crippen LogP contribution in [0.3, 0.4) is 0 Å². The lowest BCUT2D eigenvalue weighted by Gasteiger charge is -2.24. The summed E-state index contributed by atoms with van der Waals surface area (Å²) in [6, 6.07) is 0. The topological polar surface area (TPSA) is 25.2 Å². The third-order valence-corrected chi connectivity index (χ3v) is 3.03. The zero-order valence-corrected chi connectivity index (χ0v) is 12.4. The van der Waals surface area contributed by atoms with Gasteiger partial charge in [0.15, 0.2) is 0 Å². The minimum atomic E-state index is 0.0474. The zero-order chi connectivity index (χ0) is 13.7. The Morgan fingerprint density at radius 3 is 2.44 bits per heavy atom. The van der Waals surface area contributed by atoms with Gasteiger partial charge in [0.2, 0.25) is 5.91 Å². The van der Waals surface area contributed by atoms with E-state index in [2.05, 4.69) is 30.8 Å². The molecule has 0 bridgehead atoms. The fourth-order valence-electron chi connectivity index (χ4n) is 2.21. The molecule has 1 heterocycles. The lowest BCUT2D eigenvalue weighted by Crippen LogP contribution is -2.35. The monoisotopic (exact) mass is 250 g/mol. The van der Waals surface area contributed by atoms with Gasteiger partial charge in [0.25, 0.3) is 0 Å². The molecule has 0 N–H and O–H groups in total. The van der Waals surface area contributed by atoms with Crippen molar-refractivity contribution in [2.45, 2.75) is 47.0 Å². The summed E-state index contributed by atoms with van der Waals surface area (Å²) in [6.07, 6.45) is 7.32. The molecule has 1 rings (SSSR count). The predicted octanol–water partition coefficient (Wildman–Crippen LogP) is 3.38. The minimum Gasteiger partial charge on any atom is -0.355 e. The Hall–Kier alpha value is -1.25. The van der Waals surface area contributed by atoms with E-state index in [9.17, 15) is 4.79 Å². The van der Waals surface area contributed by atoms with Crippen LogP contribution in [0.2, 0.25) is 0 Å². The summed E-state index contributed by atoms with van der Waals surface area (Å²) < 4.78 is 2.05. The number of amides is 1. The van der Waals surface area contributed by atoms with Crippen molar-refractivity contribution >= 4 is 11.6 Å². The fourth-order valence-corrected chi connectivity index (χ4v) is 2.21. The lowest BCUT2D eigenvalue weighted by atomic mass is 10.1. The van der Waals surface area contributed by atoms with Crippen LogP contribution in [0, 0.1) is 5.92 Å². The molecular weight excluding hydrogens is 224 g/mol. The van der Waals surface area contributed by atoms with Gasteiger partial charge in [-0.2, -0.15) is 0 Å². The van der Waals surface area contributed by atoms with Crippen molar-refractivity contribution in [3.05, 3.63) is 18.0 Å². The van der Waals surface area contributed by atoms with Crippen molar-refractivity contribution in [3.63, 3.8) is 0 Å². The van der Waals surface area contributed by atoms with Crippen LogP contribution < -0.4 is 4.90 Å². The molecule has 1 aromatic rings. The van der Waals surface area contributed by atoms with Gasteiger partial charge in [0.1, 0.15) is 0 Å². The SMILES string of the molecule is CCCc1cn(C)cc1N(CCC)C(=O)C(C)C. The molecule has 3 nitrogen and oxygen atoms in total. The molecule has 0 saturated carbocycles. The summed E-state index contributed by atoms with van der Waals surface area (Å²) in [7, 11) is 2.02. The number of hydrogen-bond acceptors (Lipinski definition) is 1. The van der Waals surface area contributed by atoms with Crippen molar-refractivity contribution in [2.75, 3.05) is 11.4 Å². The average molecular weight is 250 g/mol. The van der Waals surface area contributed by atoms with E-state index in [1.807, 2.05) is 25.8 Å². The Morgan fingerprint density at radius 1 is 1.28 bits per heavy atom. The summed E-state index contributed by atoms with van der Waals surface area (Å²) in [5.74, 6) is 0.270. The van der Waals surface area contributed by atoms with E-state index in [0.717, 1.165) is 31.5 Å². The van der Waals surface area contributed by atoms with Crippen molar-refractivity contribution in [1.29, 1.82) is 0 Å². The first-order valence-electron chi connectivity index (χ1n) is 6.97. The molecule has 102 valence electrons. The zero-order valence-electron chi connectivity index (χ0n) is 12.4. The van der Waals surface area contributed by atoms with Gasteiger partial charge in [-0.15, -0.1) is 0 Å². The number of aryl methyl sites for hydroxylation is 2. The number of nitrogens with zero attached hydrogens (tertiary/aromatic N) is 2. The first kappa shape index (κ1) is 14.8. The van der Waals surface area contributed by atoms with Gasteiger partial charge in [0, 0.05) is 31.9 Å². The smallest absolute Gasteiger partial charge is 0.229 e. The maximum absolute atomic E-state index is 12.3. The molecule has 0 saturated heterocycles. The second kappa shape index (κ2) is 6.62. The Balaban J connectivity index is 3.08. The quantitative estimate of drug-likeness (QED) is 0.760. The first-order chi connectivity index (χ1) is 8.51. The maximum atomic E-state index is 12.3. The molecule has 0 fully saturated rings. The van der Waals surface area contributed by atoms with Crippen molar-refractivity contribution in [3.8, 4) is 0 Å². The van der Waals surface area contributed by atoms with Crippen LogP contribution in [0.4, 0.5) is 5.69 Å². The lowest BCUT2D eigenvalue weighted by molar-refractivity contribution is -0.121. The van der Waals surface area contributed by atoms with Crippen LogP contribution in [0.1, 0.15) is 46.1 Å². The molecule has 0 unspecified atom stereocenters. The summed E-state index contributed by atoms with van der Waals surface area (Å²) in [4.78, 5) is 14.3. The minimum absolute atomic E-state index is 0.0474. The van der Waals surface area contributed by atoms with E-state index >= 15 is 0 Å². The molecule has 1 amide bonds. The van der Waals surface area contributed by atoms with Crippen LogP contribution in [0.15, 0.2) is 12.4 Å². The highest BCUT2D eigenvalue weighted by Crippen LogP contribution is 2.25. The Morgan fingerprint density at radius 2 is 1.94 bits per heavy atom. The summed E-state index contributed by atoms with van der Waals surface area (Å²) >= 11 is 0. The fraction of sp³-hybridized carbons (Fsp3) is 0.667. The van der Waals surface area contributed by atoms with E-state index in [4.69, 9.17) is 0 Å². The number of carbonyl (C=O) groups excluding carboxylic acids is 1. The molecular formula is C15H26N2O. The largest absolute Gasteiger partial charge is 0.355 e. The van der Waals surface area contributed by atoms with Crippen LogP contribution in [0.25, 0.3) is 0 Å². The van der Waals surface area contributed by atoms with E-state index in [0.29, 0.717) is 0 Å². The highest BCUT2D eigenvalue weighted by Gasteiger charge is 2.21. The van der Waals surface area contributed by atoms with Gasteiger partial charge in [-0.1, -0.05) is 34.1 Å². The van der Waals surface area contributed by atoms with Gasteiger partial charge in [-0.05, 0) is 18.4 Å². The summed E-state index contributed by atoms with van der Waals surface area (Å²) in [5.41, 5.74) is 2.38. The number of anilines is 1. The number of rotatable bonds is 6. The third kappa shape index (κ3) is 3.37. The molecule has 0 radical (unpaired) electrons. The number of carbonyl (C=O) groups is 1. The van der Waals surface area contributed by atoms with Crippen LogP contribution in [0.5, 0.6) is 0 Å². The second-order valence-electron chi connectivity index (χ2n) is 5.23. The molecule has 0 aliphatic carbocycles. The van der Waals surface area contributed by atoms with Gasteiger partial charge >= 0.3 is 0 Å². The highest BCUT2D eigenvalue weighted by molar-refractivity contribution is 5.95. The highest BCUT2D eigenvalue weighted by atomic mass is 16.2. The van der Waals surface area contributed by atoms with Crippen LogP contribution in [-0.4, -0.2) is 17.0 Å². The predicted molar refractivity (Wildman–Crippen MR) is 76.9 cm³/mol. The van der Waals surface area contributed by atoms with E-state index in [-0.39, 0.29) is 11.8 Å². The molecule has 1 aromatic heterocycles. The Kier molecular flexibility index (Phi) is 5.45. The second-order valence-corrected chi connectivity index (χ2v) is 5.23. The van der Waals surface area contributed by atoms with Gasteiger partial charge < -0.3 is 9.47 Å². The van der Waals surface area contributed by atoms with Crippen LogP contribution in [-0.2, 0) is 18.3 Å². The van der Waals surface area contributed by atoms with Crippen molar-refractivity contribution in [2.24, 2.45) is 13.0 Å². The standard InChI is InChI=1S/C15H26N2O/c1-6-8-13-10-16(5)11-14(13)17(9-7-2)15(18)12(3)4/h10-12H,6-9H2,1-5H3. The summed E-state index contributed by atoms with van der Waals surface area (Å²) in [5, 5.41) is 0. The van der Waals surface area contributed by atoms with Gasteiger partial charge in [0.05, 0.1) is 5.69 Å². The maximum Gasteiger partial charge on any atom is 0.229 e. The summed E-state index contributed by atoms with van der Waals surface area (Å²) in [6.45, 7) is 9.02. The molecule has 0 aromatic carbocycles.